The lowest BCUT2D eigenvalue weighted by atomic mass is 9.84. The number of aliphatic carboxylic acids is 3. The van der Waals surface area contributed by atoms with Gasteiger partial charge in [-0.2, -0.15) is 0 Å². The van der Waals surface area contributed by atoms with Crippen LogP contribution in [0.5, 0.6) is 0 Å². The van der Waals surface area contributed by atoms with Crippen molar-refractivity contribution in [2.24, 2.45) is 34.4 Å². The predicted octanol–water partition coefficient (Wildman–Crippen LogP) is 1.72. The number of hydrogen-bond donors (Lipinski definition) is 12. The van der Waals surface area contributed by atoms with E-state index < -0.39 is 94.8 Å². The first kappa shape index (κ1) is 57.7. The van der Waals surface area contributed by atoms with Crippen molar-refractivity contribution in [2.75, 3.05) is 35.6 Å². The molecule has 3 rings (SSSR count). The molecule has 18 N–H and O–H groups in total. The summed E-state index contributed by atoms with van der Waals surface area (Å²) in [6.45, 7) is 0.796. The third-order valence-electron chi connectivity index (χ3n) is 11.2. The third kappa shape index (κ3) is 15.8. The number of unbranched alkanes of at least 4 members (excludes halogenated alkanes) is 3. The molecule has 21 nitrogen and oxygen atoms in total. The van der Waals surface area contributed by atoms with Gasteiger partial charge in [0.05, 0.1) is 0 Å². The number of amides is 3. The van der Waals surface area contributed by atoms with Gasteiger partial charge in [-0.25, -0.2) is 0 Å². The van der Waals surface area contributed by atoms with E-state index in [1.807, 2.05) is 0 Å². The number of halogens is 1. The molecule has 0 aromatic heterocycles. The molecule has 3 aromatic carbocycles. The number of rotatable bonds is 30. The SMILES string of the molecule is Cl.NCCCC[C@](N)(C(=O)CC(=O)O)C(=O)Nc1ccc(C(c2ccc(NC(=O)[C@](N)(CCCCN)C(=O)CC(=O)O)cc2)c2ccc(NC(=O)[C@](N)(CCCCN)C(=O)CC(=O)O)cc2)cc1. The second kappa shape index (κ2) is 26.8. The highest BCUT2D eigenvalue weighted by Gasteiger charge is 2.44. The molecule has 0 bridgehead atoms. The number of carboxylic acid groups (broad SMARTS) is 3. The summed E-state index contributed by atoms with van der Waals surface area (Å²) in [4.78, 5) is 113. The molecule has 3 atom stereocenters. The summed E-state index contributed by atoms with van der Waals surface area (Å²) in [7, 11) is 0. The van der Waals surface area contributed by atoms with E-state index in [1.54, 1.807) is 72.8 Å². The Balaban J connectivity index is 0.0000159. The molecule has 0 radical (unpaired) electrons. The smallest absolute Gasteiger partial charge is 0.310 e. The highest BCUT2D eigenvalue weighted by Crippen LogP contribution is 2.35. The highest BCUT2D eigenvalue weighted by molar-refractivity contribution is 6.20. The number of Topliss-reactive ketones (excluding diaryl/α,β-unsaturated/α-hetero) is 3. The molecule has 0 unspecified atom stereocenters. The number of nitrogens with two attached hydrogens (primary N) is 6. The molecule has 0 spiro atoms. The molecule has 0 saturated carbocycles. The van der Waals surface area contributed by atoms with Gasteiger partial charge in [-0.05, 0) is 131 Å². The number of carbonyl (C=O) groups is 9. The maximum atomic E-state index is 13.5. The van der Waals surface area contributed by atoms with E-state index in [-0.39, 0.29) is 87.6 Å². The molecule has 68 heavy (non-hydrogen) atoms. The number of anilines is 3. The van der Waals surface area contributed by atoms with E-state index in [4.69, 9.17) is 34.4 Å². The van der Waals surface area contributed by atoms with Gasteiger partial charge in [0.2, 0.25) is 0 Å². The molecule has 0 aliphatic rings. The van der Waals surface area contributed by atoms with Gasteiger partial charge in [-0.3, -0.25) is 43.2 Å². The fourth-order valence-electron chi connectivity index (χ4n) is 7.25. The molecule has 0 aliphatic heterocycles. The Labute approximate surface area is 398 Å². The zero-order chi connectivity index (χ0) is 50.0. The molecule has 0 heterocycles. The average Bonchev–Trinajstić information content (AvgIpc) is 3.27. The fourth-order valence-corrected chi connectivity index (χ4v) is 7.25. The molecule has 3 aromatic rings. The van der Waals surface area contributed by atoms with Crippen molar-refractivity contribution in [3.8, 4) is 0 Å². The van der Waals surface area contributed by atoms with Crippen LogP contribution in [0.15, 0.2) is 72.8 Å². The second-order valence-electron chi connectivity index (χ2n) is 16.3. The summed E-state index contributed by atoms with van der Waals surface area (Å²) in [6, 6.07) is 19.3. The minimum absolute atomic E-state index is 0. The van der Waals surface area contributed by atoms with Gasteiger partial charge >= 0.3 is 17.9 Å². The van der Waals surface area contributed by atoms with Crippen LogP contribution in [-0.4, -0.2) is 105 Å². The number of carbonyl (C=O) groups excluding carboxylic acids is 6. The summed E-state index contributed by atoms with van der Waals surface area (Å²) in [6.07, 6.45) is -1.16. The number of carboxylic acids is 3. The summed E-state index contributed by atoms with van der Waals surface area (Å²) in [5.74, 6) is -10.6. The van der Waals surface area contributed by atoms with Crippen LogP contribution in [0, 0.1) is 0 Å². The molecule has 0 fully saturated rings. The van der Waals surface area contributed by atoms with E-state index in [0.29, 0.717) is 36.0 Å². The Kier molecular flexibility index (Phi) is 22.7. The van der Waals surface area contributed by atoms with Crippen LogP contribution in [0.4, 0.5) is 17.1 Å². The van der Waals surface area contributed by atoms with Crippen molar-refractivity contribution >= 4 is 82.4 Å². The second-order valence-corrected chi connectivity index (χ2v) is 16.3. The topological polar surface area (TPSA) is 407 Å². The van der Waals surface area contributed by atoms with E-state index in [1.165, 1.54) is 0 Å². The van der Waals surface area contributed by atoms with Crippen molar-refractivity contribution in [1.29, 1.82) is 0 Å². The minimum Gasteiger partial charge on any atom is -0.481 e. The molecule has 370 valence electrons. The Bertz CT molecular complexity index is 2010. The van der Waals surface area contributed by atoms with Crippen LogP contribution >= 0.6 is 12.4 Å². The maximum Gasteiger partial charge on any atom is 0.310 e. The fraction of sp³-hybridized carbons (Fsp3) is 0.413. The third-order valence-corrected chi connectivity index (χ3v) is 11.2. The van der Waals surface area contributed by atoms with E-state index in [9.17, 15) is 58.5 Å². The van der Waals surface area contributed by atoms with Crippen LogP contribution in [-0.2, 0) is 43.2 Å². The maximum absolute atomic E-state index is 13.5. The van der Waals surface area contributed by atoms with Crippen molar-refractivity contribution in [3.05, 3.63) is 89.5 Å². The molecule has 3 amide bonds. The highest BCUT2D eigenvalue weighted by atomic mass is 35.5. The lowest BCUT2D eigenvalue weighted by molar-refractivity contribution is -0.145. The zero-order valence-corrected chi connectivity index (χ0v) is 38.3. The summed E-state index contributed by atoms with van der Waals surface area (Å²) >= 11 is 0. The van der Waals surface area contributed by atoms with Crippen LogP contribution in [0.1, 0.15) is 99.7 Å². The summed E-state index contributed by atoms with van der Waals surface area (Å²) in [5.41, 5.74) is 31.7. The minimum atomic E-state index is -2.15. The first-order valence-electron chi connectivity index (χ1n) is 21.6. The monoisotopic (exact) mass is 967 g/mol. The van der Waals surface area contributed by atoms with E-state index in [2.05, 4.69) is 16.0 Å². The molecular formula is C46H62ClN9O12. The number of hydrogen-bond acceptors (Lipinski definition) is 15. The van der Waals surface area contributed by atoms with E-state index >= 15 is 0 Å². The summed E-state index contributed by atoms with van der Waals surface area (Å²) in [5, 5.41) is 35.6. The van der Waals surface area contributed by atoms with Crippen LogP contribution in [0.25, 0.3) is 0 Å². The molecule has 0 saturated heterocycles. The lowest BCUT2D eigenvalue weighted by Crippen LogP contribution is -2.57. The van der Waals surface area contributed by atoms with Gasteiger partial charge in [0.15, 0.2) is 34.0 Å². The van der Waals surface area contributed by atoms with Crippen molar-refractivity contribution in [3.63, 3.8) is 0 Å². The summed E-state index contributed by atoms with van der Waals surface area (Å²) < 4.78 is 0. The van der Waals surface area contributed by atoms with Crippen molar-refractivity contribution in [1.82, 2.24) is 0 Å². The van der Waals surface area contributed by atoms with Crippen LogP contribution in [0.3, 0.4) is 0 Å². The van der Waals surface area contributed by atoms with Gasteiger partial charge in [0, 0.05) is 23.0 Å². The predicted molar refractivity (Wildman–Crippen MR) is 255 cm³/mol. The Morgan fingerprint density at radius 1 is 0.412 bits per heavy atom. The number of benzene rings is 3. The molecule has 22 heteroatoms. The Morgan fingerprint density at radius 2 is 0.632 bits per heavy atom. The number of ketones is 3. The largest absolute Gasteiger partial charge is 0.481 e. The first-order chi connectivity index (χ1) is 31.6. The Hall–Kier alpha value is -6.46. The molecular weight excluding hydrogens is 906 g/mol. The van der Waals surface area contributed by atoms with Gasteiger partial charge in [0.25, 0.3) is 17.7 Å². The van der Waals surface area contributed by atoms with E-state index in [0.717, 1.165) is 0 Å². The zero-order valence-electron chi connectivity index (χ0n) is 37.5. The van der Waals surface area contributed by atoms with Crippen LogP contribution in [0.2, 0.25) is 0 Å². The van der Waals surface area contributed by atoms with Gasteiger partial charge in [-0.15, -0.1) is 12.4 Å². The molecule has 0 aliphatic carbocycles. The Morgan fingerprint density at radius 3 is 0.824 bits per heavy atom. The van der Waals surface area contributed by atoms with Crippen molar-refractivity contribution in [2.45, 2.75) is 99.6 Å². The van der Waals surface area contributed by atoms with Crippen LogP contribution < -0.4 is 50.4 Å². The number of nitrogens with one attached hydrogen (secondary N) is 3. The first-order valence-corrected chi connectivity index (χ1v) is 21.6. The average molecular weight is 969 g/mol. The lowest BCUT2D eigenvalue weighted by Gasteiger charge is -2.27. The normalized spacial score (nSPS) is 13.6. The quantitative estimate of drug-likeness (QED) is 0.0257. The van der Waals surface area contributed by atoms with Gasteiger partial charge in [-0.1, -0.05) is 36.4 Å². The van der Waals surface area contributed by atoms with Crippen molar-refractivity contribution < 1.29 is 58.5 Å². The van der Waals surface area contributed by atoms with Gasteiger partial charge in [0.1, 0.15) is 19.3 Å². The van der Waals surface area contributed by atoms with Gasteiger partial charge < -0.3 is 65.7 Å². The standard InChI is InChI=1S/C46H61N9O12.ClH/c47-22-4-1-19-44(50,34(56)25-37(59)60)41(65)53-31-13-7-28(8-14-31)40(29-9-15-32(16-10-29)54-42(66)45(51,20-2-5-23-48)35(57)26-38(61)62)30-11-17-33(18-12-30)55-43(67)46(52,21-3-6-24-49)36(58)27-39(63)64;/h7-18,40H,1-6,19-27,47-52H2,(H,53,65)(H,54,66)(H,55,67)(H,59,60)(H,61,62)(H,63,64);1H/t44-,45-,46-;/m0./s1.